The normalized spacial score (nSPS) is 17.8. The zero-order valence-corrected chi connectivity index (χ0v) is 13.4. The topological polar surface area (TPSA) is 60.8 Å². The van der Waals surface area contributed by atoms with Crippen LogP contribution in [0.5, 0.6) is 11.5 Å². The quantitative estimate of drug-likeness (QED) is 0.859. The Kier molecular flexibility index (Phi) is 4.66. The third-order valence-corrected chi connectivity index (χ3v) is 4.54. The van der Waals surface area contributed by atoms with Crippen LogP contribution < -0.4 is 9.47 Å². The van der Waals surface area contributed by atoms with Crippen LogP contribution in [0.3, 0.4) is 0 Å². The van der Waals surface area contributed by atoms with E-state index in [0.717, 1.165) is 27.8 Å². The molecular formula is C15H18BNO4S. The number of rotatable bonds is 5. The summed E-state index contributed by atoms with van der Waals surface area (Å²) in [4.78, 5) is 4.68. The molecule has 1 N–H and O–H groups in total. The minimum Gasteiger partial charge on any atom is -0.493 e. The van der Waals surface area contributed by atoms with E-state index in [0.29, 0.717) is 19.5 Å². The molecule has 0 unspecified atom stereocenters. The van der Waals surface area contributed by atoms with Gasteiger partial charge in [-0.3, -0.25) is 0 Å². The summed E-state index contributed by atoms with van der Waals surface area (Å²) in [5.41, 5.74) is 1.98. The second-order valence-electron chi connectivity index (χ2n) is 5.10. The van der Waals surface area contributed by atoms with Crippen molar-refractivity contribution in [2.45, 2.75) is 19.2 Å². The van der Waals surface area contributed by atoms with Gasteiger partial charge in [0.1, 0.15) is 5.01 Å². The predicted octanol–water partition coefficient (Wildman–Crippen LogP) is 2.81. The van der Waals surface area contributed by atoms with Crippen molar-refractivity contribution in [2.24, 2.45) is 0 Å². The lowest BCUT2D eigenvalue weighted by atomic mass is 9.81. The van der Waals surface area contributed by atoms with Crippen LogP contribution in [-0.4, -0.2) is 37.4 Å². The van der Waals surface area contributed by atoms with Gasteiger partial charge in [-0.1, -0.05) is 0 Å². The number of benzene rings is 1. The van der Waals surface area contributed by atoms with Crippen LogP contribution >= 0.6 is 11.3 Å². The Hall–Kier alpha value is -1.57. The Balaban J connectivity index is 1.85. The second-order valence-corrected chi connectivity index (χ2v) is 5.95. The molecule has 22 heavy (non-hydrogen) atoms. The molecular weight excluding hydrogens is 301 g/mol. The smallest absolute Gasteiger partial charge is 0.454 e. The van der Waals surface area contributed by atoms with Crippen LogP contribution in [0.15, 0.2) is 23.6 Å². The van der Waals surface area contributed by atoms with Gasteiger partial charge in [0.05, 0.1) is 19.4 Å². The van der Waals surface area contributed by atoms with Gasteiger partial charge in [-0.15, -0.1) is 11.3 Å². The summed E-state index contributed by atoms with van der Waals surface area (Å²) in [6.07, 6.45) is 0.607. The lowest BCUT2D eigenvalue weighted by Gasteiger charge is -2.10. The van der Waals surface area contributed by atoms with E-state index in [1.807, 2.05) is 30.5 Å². The lowest BCUT2D eigenvalue weighted by molar-refractivity contribution is 0.291. The standard InChI is InChI=1S/C15H18BNO4S/c1-3-20-14-6-10(4-5-13(14)19-2)15-17-12(9-22-15)11-7-16(18)21-8-11/h4-6,9,11,18H,3,7-8H2,1-2H3/t11-/m0/s1. The van der Waals surface area contributed by atoms with Crippen molar-refractivity contribution in [1.82, 2.24) is 4.98 Å². The van der Waals surface area contributed by atoms with Gasteiger partial charge in [0.15, 0.2) is 11.5 Å². The number of hydrogen-bond acceptors (Lipinski definition) is 6. The fourth-order valence-corrected chi connectivity index (χ4v) is 3.40. The van der Waals surface area contributed by atoms with Gasteiger partial charge in [0.25, 0.3) is 0 Å². The van der Waals surface area contributed by atoms with Crippen molar-refractivity contribution in [1.29, 1.82) is 0 Å². The fraction of sp³-hybridized carbons (Fsp3) is 0.400. The molecule has 116 valence electrons. The molecule has 1 saturated heterocycles. The van der Waals surface area contributed by atoms with E-state index < -0.39 is 7.12 Å². The van der Waals surface area contributed by atoms with Crippen molar-refractivity contribution < 1.29 is 19.2 Å². The van der Waals surface area contributed by atoms with Crippen molar-refractivity contribution >= 4 is 18.5 Å². The van der Waals surface area contributed by atoms with Gasteiger partial charge in [0.2, 0.25) is 0 Å². The fourth-order valence-electron chi connectivity index (χ4n) is 2.50. The summed E-state index contributed by atoms with van der Waals surface area (Å²) in [7, 11) is 0.963. The molecule has 0 amide bonds. The van der Waals surface area contributed by atoms with E-state index in [9.17, 15) is 5.02 Å². The molecule has 1 aromatic heterocycles. The highest BCUT2D eigenvalue weighted by Gasteiger charge is 2.31. The monoisotopic (exact) mass is 319 g/mol. The molecule has 0 radical (unpaired) electrons. The van der Waals surface area contributed by atoms with Gasteiger partial charge in [-0.05, 0) is 31.4 Å². The van der Waals surface area contributed by atoms with E-state index in [4.69, 9.17) is 14.1 Å². The van der Waals surface area contributed by atoms with Crippen LogP contribution in [0.1, 0.15) is 18.5 Å². The zero-order valence-electron chi connectivity index (χ0n) is 12.6. The Labute approximate surface area is 134 Å². The number of aromatic nitrogens is 1. The van der Waals surface area contributed by atoms with Gasteiger partial charge in [-0.2, -0.15) is 0 Å². The molecule has 0 bridgehead atoms. The number of nitrogens with zero attached hydrogens (tertiary/aromatic N) is 1. The maximum atomic E-state index is 9.46. The molecule has 1 aromatic carbocycles. The Morgan fingerprint density at radius 2 is 2.32 bits per heavy atom. The molecule has 2 heterocycles. The first-order valence-electron chi connectivity index (χ1n) is 7.27. The maximum absolute atomic E-state index is 9.46. The molecule has 1 fully saturated rings. The molecule has 1 atom stereocenters. The van der Waals surface area contributed by atoms with Gasteiger partial charge in [-0.25, -0.2) is 4.98 Å². The molecule has 0 spiro atoms. The third-order valence-electron chi connectivity index (χ3n) is 3.63. The Morgan fingerprint density at radius 3 is 3.00 bits per heavy atom. The summed E-state index contributed by atoms with van der Waals surface area (Å²) >= 11 is 1.59. The SMILES string of the molecule is CCOc1cc(-c2nc([C@@H]3COB(O)C3)cs2)ccc1OC. The van der Waals surface area contributed by atoms with Gasteiger partial charge >= 0.3 is 7.12 Å². The highest BCUT2D eigenvalue weighted by Crippen LogP contribution is 2.36. The minimum absolute atomic E-state index is 0.171. The van der Waals surface area contributed by atoms with Crippen molar-refractivity contribution in [3.05, 3.63) is 29.3 Å². The van der Waals surface area contributed by atoms with Crippen LogP contribution in [0, 0.1) is 0 Å². The molecule has 0 aliphatic carbocycles. The number of methoxy groups -OCH3 is 1. The number of thiazole rings is 1. The van der Waals surface area contributed by atoms with Crippen LogP contribution in [0.2, 0.25) is 6.32 Å². The highest BCUT2D eigenvalue weighted by molar-refractivity contribution is 7.13. The summed E-state index contributed by atoms with van der Waals surface area (Å²) in [5, 5.41) is 12.4. The van der Waals surface area contributed by atoms with Crippen molar-refractivity contribution in [3.63, 3.8) is 0 Å². The number of ether oxygens (including phenoxy) is 2. The predicted molar refractivity (Wildman–Crippen MR) is 86.7 cm³/mol. The molecule has 0 saturated carbocycles. The molecule has 5 nitrogen and oxygen atoms in total. The summed E-state index contributed by atoms with van der Waals surface area (Å²) in [6.45, 7) is 3.05. The van der Waals surface area contributed by atoms with Crippen LogP contribution in [-0.2, 0) is 4.65 Å². The average Bonchev–Trinajstić information content (AvgIpc) is 3.16. The van der Waals surface area contributed by atoms with E-state index in [2.05, 4.69) is 4.98 Å². The first kappa shape index (κ1) is 15.3. The van der Waals surface area contributed by atoms with Crippen LogP contribution in [0.4, 0.5) is 0 Å². The maximum Gasteiger partial charge on any atom is 0.454 e. The van der Waals surface area contributed by atoms with E-state index in [-0.39, 0.29) is 5.92 Å². The van der Waals surface area contributed by atoms with Crippen molar-refractivity contribution in [3.8, 4) is 22.1 Å². The Bertz CT molecular complexity index is 648. The molecule has 2 aromatic rings. The first-order chi connectivity index (χ1) is 10.7. The highest BCUT2D eigenvalue weighted by atomic mass is 32.1. The lowest BCUT2D eigenvalue weighted by Crippen LogP contribution is -2.07. The molecule has 1 aliphatic rings. The molecule has 1 aliphatic heterocycles. The van der Waals surface area contributed by atoms with E-state index in [1.165, 1.54) is 0 Å². The van der Waals surface area contributed by atoms with Gasteiger partial charge in [0, 0.05) is 23.5 Å². The number of hydrogen-bond donors (Lipinski definition) is 1. The third kappa shape index (κ3) is 3.11. The van der Waals surface area contributed by atoms with E-state index in [1.54, 1.807) is 18.4 Å². The average molecular weight is 319 g/mol. The summed E-state index contributed by atoms with van der Waals surface area (Å²) in [5.74, 6) is 1.61. The second kappa shape index (κ2) is 6.68. The van der Waals surface area contributed by atoms with Crippen LogP contribution in [0.25, 0.3) is 10.6 Å². The molecule has 7 heteroatoms. The Morgan fingerprint density at radius 1 is 1.45 bits per heavy atom. The molecule has 3 rings (SSSR count). The van der Waals surface area contributed by atoms with E-state index >= 15 is 0 Å². The summed E-state index contributed by atoms with van der Waals surface area (Å²) in [6, 6.07) is 5.82. The summed E-state index contributed by atoms with van der Waals surface area (Å²) < 4.78 is 16.1. The first-order valence-corrected chi connectivity index (χ1v) is 8.15. The van der Waals surface area contributed by atoms with Gasteiger partial charge < -0.3 is 19.2 Å². The largest absolute Gasteiger partial charge is 0.493 e. The minimum atomic E-state index is -0.666. The van der Waals surface area contributed by atoms with Crippen molar-refractivity contribution in [2.75, 3.05) is 20.3 Å². The zero-order chi connectivity index (χ0) is 15.5.